The fourth-order valence-corrected chi connectivity index (χ4v) is 4.69. The second-order valence-corrected chi connectivity index (χ2v) is 9.32. The van der Waals surface area contributed by atoms with E-state index in [2.05, 4.69) is 20.3 Å². The third-order valence-electron chi connectivity index (χ3n) is 5.34. The van der Waals surface area contributed by atoms with Crippen LogP contribution in [-0.2, 0) is 10.0 Å². The molecule has 4 N–H and O–H groups in total. The van der Waals surface area contributed by atoms with E-state index < -0.39 is 16.1 Å². The largest absolute Gasteiger partial charge is 0.465 e. The van der Waals surface area contributed by atoms with Crippen LogP contribution in [0.5, 0.6) is 0 Å². The fraction of sp³-hybridized carbons (Fsp3) is 0.471. The Hall–Kier alpha value is -2.86. The Morgan fingerprint density at radius 2 is 2.21 bits per heavy atom. The van der Waals surface area contributed by atoms with Gasteiger partial charge in [0.05, 0.1) is 17.6 Å². The molecule has 0 aliphatic carbocycles. The minimum atomic E-state index is -3.30. The quantitative estimate of drug-likeness (QED) is 0.635. The Bertz CT molecular complexity index is 1090. The number of hydrogen-bond acceptors (Lipinski definition) is 7. The van der Waals surface area contributed by atoms with E-state index in [-0.39, 0.29) is 12.6 Å². The fourth-order valence-electron chi connectivity index (χ4n) is 3.98. The zero-order valence-corrected chi connectivity index (χ0v) is 16.8. The summed E-state index contributed by atoms with van der Waals surface area (Å²) in [6, 6.07) is 1.75. The number of nitrogens with one attached hydrogen (secondary N) is 1. The summed E-state index contributed by atoms with van der Waals surface area (Å²) in [7, 11) is -3.30. The number of carboxylic acid groups (broad SMARTS) is 1. The summed E-state index contributed by atoms with van der Waals surface area (Å²) < 4.78 is 26.8. The van der Waals surface area contributed by atoms with Crippen LogP contribution in [0.15, 0.2) is 18.5 Å². The first-order valence-corrected chi connectivity index (χ1v) is 11.1. The van der Waals surface area contributed by atoms with Crippen LogP contribution in [0.4, 0.5) is 16.3 Å². The van der Waals surface area contributed by atoms with Gasteiger partial charge in [-0.1, -0.05) is 6.08 Å². The molecule has 2 aliphatic heterocycles. The number of nitrogen functional groups attached to an aromatic ring is 1. The number of nitrogens with zero attached hydrogens (tertiary/aromatic N) is 5. The topological polar surface area (TPSA) is 146 Å². The maximum absolute atomic E-state index is 11.9. The molecule has 12 heteroatoms. The van der Waals surface area contributed by atoms with Crippen molar-refractivity contribution < 1.29 is 18.3 Å². The van der Waals surface area contributed by atoms with E-state index in [1.807, 2.05) is 12.1 Å². The summed E-state index contributed by atoms with van der Waals surface area (Å²) in [5.74, 6) is 0.313. The predicted octanol–water partition coefficient (Wildman–Crippen LogP) is 0.207. The zero-order valence-electron chi connectivity index (χ0n) is 15.9. The van der Waals surface area contributed by atoms with Crippen molar-refractivity contribution >= 4 is 38.7 Å². The van der Waals surface area contributed by atoms with Crippen LogP contribution < -0.4 is 16.0 Å². The highest BCUT2D eigenvalue weighted by molar-refractivity contribution is 7.88. The molecule has 0 saturated carbocycles. The second-order valence-electron chi connectivity index (χ2n) is 7.34. The van der Waals surface area contributed by atoms with Gasteiger partial charge in [0.15, 0.2) is 5.82 Å². The summed E-state index contributed by atoms with van der Waals surface area (Å²) in [5, 5.41) is 15.9. The Kier molecular flexibility index (Phi) is 4.82. The number of fused-ring (bicyclic) bond motifs is 1. The van der Waals surface area contributed by atoms with E-state index in [0.717, 1.165) is 36.3 Å². The smallest absolute Gasteiger partial charge is 0.404 e. The van der Waals surface area contributed by atoms with Crippen molar-refractivity contribution in [3.63, 3.8) is 0 Å². The summed E-state index contributed by atoms with van der Waals surface area (Å²) >= 11 is 0. The number of amides is 1. The number of anilines is 2. The maximum atomic E-state index is 11.9. The Morgan fingerprint density at radius 3 is 2.90 bits per heavy atom. The monoisotopic (exact) mass is 421 g/mol. The van der Waals surface area contributed by atoms with Crippen LogP contribution >= 0.6 is 0 Å². The number of carbonyl (C=O) groups is 1. The molecule has 1 unspecified atom stereocenters. The first kappa shape index (κ1) is 19.5. The lowest BCUT2D eigenvalue weighted by atomic mass is 10.1. The van der Waals surface area contributed by atoms with E-state index in [0.29, 0.717) is 24.4 Å². The number of aromatic nitrogens is 3. The maximum Gasteiger partial charge on any atom is 0.404 e. The van der Waals surface area contributed by atoms with Gasteiger partial charge in [0.2, 0.25) is 10.0 Å². The van der Waals surface area contributed by atoms with Crippen LogP contribution in [0.1, 0.15) is 18.5 Å². The SMILES string of the molecule is CS(=O)(=O)N1CC=C(c2cc(N3CCCC(NC(=O)O)C3)c3c(N)ncnn23)C1. The molecule has 1 atom stereocenters. The number of nitrogens with two attached hydrogens (primary N) is 1. The summed E-state index contributed by atoms with van der Waals surface area (Å²) in [5.41, 5.74) is 9.20. The van der Waals surface area contributed by atoms with Crippen molar-refractivity contribution in [1.82, 2.24) is 24.2 Å². The highest BCUT2D eigenvalue weighted by Gasteiger charge is 2.29. The molecule has 4 heterocycles. The zero-order chi connectivity index (χ0) is 20.8. The minimum Gasteiger partial charge on any atom is -0.465 e. The molecular weight excluding hydrogens is 398 g/mol. The highest BCUT2D eigenvalue weighted by atomic mass is 32.2. The minimum absolute atomic E-state index is 0.183. The van der Waals surface area contributed by atoms with Gasteiger partial charge >= 0.3 is 6.09 Å². The molecule has 0 radical (unpaired) electrons. The lowest BCUT2D eigenvalue weighted by Crippen LogP contribution is -2.47. The van der Waals surface area contributed by atoms with Crippen LogP contribution in [-0.4, -0.2) is 77.0 Å². The van der Waals surface area contributed by atoms with E-state index in [1.54, 1.807) is 4.52 Å². The number of sulfonamides is 1. The van der Waals surface area contributed by atoms with Gasteiger partial charge in [-0.2, -0.15) is 9.40 Å². The Morgan fingerprint density at radius 1 is 1.41 bits per heavy atom. The average Bonchev–Trinajstić information content (AvgIpc) is 3.26. The van der Waals surface area contributed by atoms with Gasteiger partial charge in [-0.25, -0.2) is 22.7 Å². The molecule has 156 valence electrons. The van der Waals surface area contributed by atoms with Gasteiger partial charge in [-0.3, -0.25) is 0 Å². The molecule has 0 spiro atoms. The lowest BCUT2D eigenvalue weighted by molar-refractivity contribution is 0.188. The highest BCUT2D eigenvalue weighted by Crippen LogP contribution is 2.34. The van der Waals surface area contributed by atoms with Crippen LogP contribution in [0.25, 0.3) is 11.1 Å². The first-order chi connectivity index (χ1) is 13.7. The normalized spacial score (nSPS) is 20.8. The van der Waals surface area contributed by atoms with Crippen molar-refractivity contribution in [3.8, 4) is 0 Å². The summed E-state index contributed by atoms with van der Waals surface area (Å²) in [6.07, 6.45) is 4.98. The molecule has 11 nitrogen and oxygen atoms in total. The second kappa shape index (κ2) is 7.19. The van der Waals surface area contributed by atoms with Crippen LogP contribution in [0.2, 0.25) is 0 Å². The standard InChI is InChI=1S/C17H23N7O4S/c1-29(27,28)23-6-4-11(8-23)13-7-14(15-16(18)19-10-20-24(13)15)22-5-2-3-12(9-22)21-17(25)26/h4,7,10,12,21H,2-3,5-6,8-9H2,1H3,(H,25,26)(H2,18,19,20). The third kappa shape index (κ3) is 3.72. The molecular formula is C17H23N7O4S. The van der Waals surface area contributed by atoms with Crippen molar-refractivity contribution in [2.24, 2.45) is 0 Å². The van der Waals surface area contributed by atoms with Crippen molar-refractivity contribution in [1.29, 1.82) is 0 Å². The lowest BCUT2D eigenvalue weighted by Gasteiger charge is -2.33. The van der Waals surface area contributed by atoms with Crippen LogP contribution in [0, 0.1) is 0 Å². The summed E-state index contributed by atoms with van der Waals surface area (Å²) in [6.45, 7) is 1.83. The number of rotatable bonds is 4. The first-order valence-electron chi connectivity index (χ1n) is 9.25. The van der Waals surface area contributed by atoms with E-state index in [9.17, 15) is 13.2 Å². The molecule has 0 aromatic carbocycles. The van der Waals surface area contributed by atoms with Gasteiger partial charge in [0, 0.05) is 32.2 Å². The number of piperidine rings is 1. The average molecular weight is 421 g/mol. The van der Waals surface area contributed by atoms with E-state index in [1.165, 1.54) is 16.9 Å². The van der Waals surface area contributed by atoms with Gasteiger partial charge in [0.25, 0.3) is 0 Å². The molecule has 2 aromatic rings. The summed E-state index contributed by atoms with van der Waals surface area (Å²) in [4.78, 5) is 17.2. The molecule has 2 aromatic heterocycles. The molecule has 1 saturated heterocycles. The Labute approximate surface area is 167 Å². The van der Waals surface area contributed by atoms with Crippen molar-refractivity contribution in [2.75, 3.05) is 43.1 Å². The third-order valence-corrected chi connectivity index (χ3v) is 6.55. The van der Waals surface area contributed by atoms with E-state index in [4.69, 9.17) is 10.8 Å². The Balaban J connectivity index is 1.72. The van der Waals surface area contributed by atoms with Gasteiger partial charge in [-0.15, -0.1) is 0 Å². The van der Waals surface area contributed by atoms with Gasteiger partial charge in [-0.05, 0) is 24.5 Å². The van der Waals surface area contributed by atoms with Gasteiger partial charge in [0.1, 0.15) is 11.8 Å². The molecule has 1 fully saturated rings. The molecule has 29 heavy (non-hydrogen) atoms. The van der Waals surface area contributed by atoms with Crippen molar-refractivity contribution in [2.45, 2.75) is 18.9 Å². The number of hydrogen-bond donors (Lipinski definition) is 3. The van der Waals surface area contributed by atoms with Gasteiger partial charge < -0.3 is 21.1 Å². The van der Waals surface area contributed by atoms with Crippen LogP contribution in [0.3, 0.4) is 0 Å². The molecule has 0 bridgehead atoms. The molecule has 4 rings (SSSR count). The van der Waals surface area contributed by atoms with E-state index >= 15 is 0 Å². The van der Waals surface area contributed by atoms with Crippen molar-refractivity contribution in [3.05, 3.63) is 24.2 Å². The predicted molar refractivity (Wildman–Crippen MR) is 108 cm³/mol. The molecule has 1 amide bonds. The molecule has 2 aliphatic rings.